The Balaban J connectivity index is 1.35. The number of aliphatic hydroxyl groups is 1. The van der Waals surface area contributed by atoms with Gasteiger partial charge in [-0.2, -0.15) is 0 Å². The van der Waals surface area contributed by atoms with Crippen LogP contribution in [0.4, 0.5) is 0 Å². The van der Waals surface area contributed by atoms with Gasteiger partial charge in [0.2, 0.25) is 0 Å². The highest BCUT2D eigenvalue weighted by Gasteiger charge is 2.30. The molecular weight excluding hydrogens is 532 g/mol. The van der Waals surface area contributed by atoms with Crippen LogP contribution >= 0.6 is 0 Å². The summed E-state index contributed by atoms with van der Waals surface area (Å²) in [6.45, 7) is 0. The van der Waals surface area contributed by atoms with Crippen molar-refractivity contribution in [3.63, 3.8) is 0 Å². The van der Waals surface area contributed by atoms with E-state index in [0.717, 1.165) is 33.4 Å². The maximum atomic E-state index is 11.6. The Kier molecular flexibility index (Phi) is 5.56. The molecule has 1 aliphatic rings. The lowest BCUT2D eigenvalue weighted by atomic mass is 9.82. The van der Waals surface area contributed by atoms with E-state index in [1.807, 2.05) is 12.1 Å². The minimum atomic E-state index is -0.658. The van der Waals surface area contributed by atoms with Crippen molar-refractivity contribution in [2.75, 3.05) is 0 Å². The standard InChI is InChI=1S/C43H28O/c44-43-39-21-10-4-15-31(39)34-23-11-22-33(42(34)43)30-14-3-5-16-32(30)41-37-19-8-6-17-35(37)40(36-18-7-9-20-38(36)41)29-25-24-27-12-1-2-13-28(27)26-29/h1-26,43-44H. The zero-order chi connectivity index (χ0) is 29.2. The van der Waals surface area contributed by atoms with Crippen LogP contribution < -0.4 is 0 Å². The molecule has 8 aromatic carbocycles. The van der Waals surface area contributed by atoms with Gasteiger partial charge in [-0.25, -0.2) is 0 Å². The third kappa shape index (κ3) is 3.63. The van der Waals surface area contributed by atoms with Gasteiger partial charge in [0.1, 0.15) is 6.10 Å². The van der Waals surface area contributed by atoms with Crippen LogP contribution in [0.15, 0.2) is 158 Å². The van der Waals surface area contributed by atoms with Gasteiger partial charge in [-0.05, 0) is 88.5 Å². The van der Waals surface area contributed by atoms with E-state index in [-0.39, 0.29) is 0 Å². The summed E-state index contributed by atoms with van der Waals surface area (Å²) in [6.07, 6.45) is -0.658. The van der Waals surface area contributed by atoms with Gasteiger partial charge >= 0.3 is 0 Å². The Hall–Kier alpha value is -5.50. The Morgan fingerprint density at radius 2 is 0.864 bits per heavy atom. The largest absolute Gasteiger partial charge is 0.384 e. The summed E-state index contributed by atoms with van der Waals surface area (Å²) in [5.74, 6) is 0. The van der Waals surface area contributed by atoms with Gasteiger partial charge in [0.15, 0.2) is 0 Å². The normalized spacial score (nSPS) is 13.8. The summed E-state index contributed by atoms with van der Waals surface area (Å²) in [6, 6.07) is 56.4. The highest BCUT2D eigenvalue weighted by molar-refractivity contribution is 6.22. The van der Waals surface area contributed by atoms with Crippen molar-refractivity contribution in [2.45, 2.75) is 6.10 Å². The highest BCUT2D eigenvalue weighted by atomic mass is 16.3. The fourth-order valence-corrected chi connectivity index (χ4v) is 7.48. The summed E-state index contributed by atoms with van der Waals surface area (Å²) in [4.78, 5) is 0. The second-order valence-electron chi connectivity index (χ2n) is 11.7. The van der Waals surface area contributed by atoms with Crippen molar-refractivity contribution < 1.29 is 5.11 Å². The predicted octanol–water partition coefficient (Wildman–Crippen LogP) is 11.2. The van der Waals surface area contributed by atoms with Crippen molar-refractivity contribution in [3.05, 3.63) is 169 Å². The Bertz CT molecular complexity index is 2360. The van der Waals surface area contributed by atoms with Crippen molar-refractivity contribution >= 4 is 32.3 Å². The number of aliphatic hydroxyl groups excluding tert-OH is 1. The predicted molar refractivity (Wildman–Crippen MR) is 185 cm³/mol. The van der Waals surface area contributed by atoms with E-state index in [9.17, 15) is 5.11 Å². The molecule has 1 heteroatoms. The zero-order valence-electron chi connectivity index (χ0n) is 24.0. The van der Waals surface area contributed by atoms with Crippen LogP contribution in [-0.4, -0.2) is 5.11 Å². The van der Waals surface area contributed by atoms with Crippen LogP contribution in [0.2, 0.25) is 0 Å². The monoisotopic (exact) mass is 560 g/mol. The molecule has 8 aromatic rings. The molecule has 44 heavy (non-hydrogen) atoms. The van der Waals surface area contributed by atoms with Gasteiger partial charge in [-0.3, -0.25) is 0 Å². The molecule has 206 valence electrons. The van der Waals surface area contributed by atoms with Gasteiger partial charge in [0.25, 0.3) is 0 Å². The molecular formula is C43H28O. The molecule has 1 unspecified atom stereocenters. The van der Waals surface area contributed by atoms with E-state index in [1.54, 1.807) is 0 Å². The molecule has 1 atom stereocenters. The molecule has 0 fully saturated rings. The lowest BCUT2D eigenvalue weighted by Gasteiger charge is -2.21. The number of hydrogen-bond acceptors (Lipinski definition) is 1. The summed E-state index contributed by atoms with van der Waals surface area (Å²) >= 11 is 0. The maximum absolute atomic E-state index is 11.6. The van der Waals surface area contributed by atoms with Gasteiger partial charge in [-0.15, -0.1) is 0 Å². The summed E-state index contributed by atoms with van der Waals surface area (Å²) in [5, 5.41) is 19.0. The fraction of sp³-hybridized carbons (Fsp3) is 0.0233. The second kappa shape index (κ2) is 9.77. The number of hydrogen-bond donors (Lipinski definition) is 1. The van der Waals surface area contributed by atoms with Crippen molar-refractivity contribution in [1.82, 2.24) is 0 Å². The first-order valence-corrected chi connectivity index (χ1v) is 15.2. The first-order chi connectivity index (χ1) is 21.8. The van der Waals surface area contributed by atoms with Crippen LogP contribution in [-0.2, 0) is 0 Å². The van der Waals surface area contributed by atoms with E-state index in [0.29, 0.717) is 0 Å². The Morgan fingerprint density at radius 3 is 1.57 bits per heavy atom. The number of benzene rings is 8. The van der Waals surface area contributed by atoms with Crippen LogP contribution in [0.1, 0.15) is 17.2 Å². The van der Waals surface area contributed by atoms with E-state index >= 15 is 0 Å². The topological polar surface area (TPSA) is 20.2 Å². The number of fused-ring (bicyclic) bond motifs is 6. The van der Waals surface area contributed by atoms with E-state index in [1.165, 1.54) is 54.6 Å². The molecule has 1 nitrogen and oxygen atoms in total. The van der Waals surface area contributed by atoms with E-state index < -0.39 is 6.10 Å². The third-order valence-corrected chi connectivity index (χ3v) is 9.38. The highest BCUT2D eigenvalue weighted by Crippen LogP contribution is 2.51. The van der Waals surface area contributed by atoms with Crippen LogP contribution in [0.5, 0.6) is 0 Å². The molecule has 1 aliphatic carbocycles. The fourth-order valence-electron chi connectivity index (χ4n) is 7.48. The van der Waals surface area contributed by atoms with E-state index in [4.69, 9.17) is 0 Å². The van der Waals surface area contributed by atoms with Crippen molar-refractivity contribution in [1.29, 1.82) is 0 Å². The molecule has 0 aromatic heterocycles. The first-order valence-electron chi connectivity index (χ1n) is 15.2. The molecule has 0 saturated heterocycles. The summed E-state index contributed by atoms with van der Waals surface area (Å²) in [5.41, 5.74) is 11.3. The molecule has 0 spiro atoms. The smallest absolute Gasteiger partial charge is 0.106 e. The quantitative estimate of drug-likeness (QED) is 0.213. The van der Waals surface area contributed by atoms with Crippen molar-refractivity contribution in [2.24, 2.45) is 0 Å². The van der Waals surface area contributed by atoms with Gasteiger partial charge in [0, 0.05) is 5.56 Å². The average molecular weight is 561 g/mol. The average Bonchev–Trinajstić information content (AvgIpc) is 3.38. The van der Waals surface area contributed by atoms with Gasteiger partial charge in [0.05, 0.1) is 0 Å². The molecule has 0 bridgehead atoms. The van der Waals surface area contributed by atoms with Crippen LogP contribution in [0.3, 0.4) is 0 Å². The number of rotatable bonds is 3. The minimum Gasteiger partial charge on any atom is -0.384 e. The lowest BCUT2D eigenvalue weighted by molar-refractivity contribution is 0.226. The molecule has 1 N–H and O–H groups in total. The zero-order valence-corrected chi connectivity index (χ0v) is 24.0. The summed E-state index contributed by atoms with van der Waals surface area (Å²) in [7, 11) is 0. The minimum absolute atomic E-state index is 0.658. The lowest BCUT2D eigenvalue weighted by Crippen LogP contribution is -1.98. The SMILES string of the molecule is OC1c2ccccc2-c2cccc(-c3ccccc3-c3c4ccccc4c(-c4ccc5ccccc5c4)c4ccccc34)c21. The molecule has 0 aliphatic heterocycles. The summed E-state index contributed by atoms with van der Waals surface area (Å²) < 4.78 is 0. The Morgan fingerprint density at radius 1 is 0.364 bits per heavy atom. The van der Waals surface area contributed by atoms with Crippen LogP contribution in [0, 0.1) is 0 Å². The first kappa shape index (κ1) is 25.0. The molecule has 0 radical (unpaired) electrons. The van der Waals surface area contributed by atoms with Crippen molar-refractivity contribution in [3.8, 4) is 44.5 Å². The van der Waals surface area contributed by atoms with E-state index in [2.05, 4.69) is 146 Å². The maximum Gasteiger partial charge on any atom is 0.106 e. The van der Waals surface area contributed by atoms with Gasteiger partial charge < -0.3 is 5.11 Å². The molecule has 9 rings (SSSR count). The van der Waals surface area contributed by atoms with Crippen LogP contribution in [0.25, 0.3) is 76.8 Å². The molecule has 0 heterocycles. The molecule has 0 saturated carbocycles. The third-order valence-electron chi connectivity index (χ3n) is 9.38. The molecule has 0 amide bonds. The second-order valence-corrected chi connectivity index (χ2v) is 11.7. The van der Waals surface area contributed by atoms with Gasteiger partial charge in [-0.1, -0.05) is 152 Å². The Labute approximate surface area is 256 Å².